The molecular formula is C22H35N3O5. The molecule has 1 spiro atoms. The van der Waals surface area contributed by atoms with E-state index < -0.39 is 5.54 Å². The molecule has 1 unspecified atom stereocenters. The number of ether oxygens (including phenoxy) is 3. The Morgan fingerprint density at radius 2 is 1.97 bits per heavy atom. The van der Waals surface area contributed by atoms with Crippen molar-refractivity contribution in [2.75, 3.05) is 60.3 Å². The van der Waals surface area contributed by atoms with Crippen LogP contribution in [0.25, 0.3) is 0 Å². The van der Waals surface area contributed by atoms with E-state index in [1.807, 2.05) is 29.7 Å². The maximum Gasteiger partial charge on any atom is 0.255 e. The van der Waals surface area contributed by atoms with Gasteiger partial charge in [0.05, 0.1) is 24.3 Å². The van der Waals surface area contributed by atoms with Gasteiger partial charge in [-0.3, -0.25) is 9.59 Å². The van der Waals surface area contributed by atoms with Gasteiger partial charge in [-0.15, -0.1) is 0 Å². The molecule has 1 atom stereocenters. The molecule has 2 saturated heterocycles. The van der Waals surface area contributed by atoms with E-state index in [9.17, 15) is 9.59 Å². The van der Waals surface area contributed by atoms with Gasteiger partial charge in [0.1, 0.15) is 0 Å². The minimum absolute atomic E-state index is 0.00965. The van der Waals surface area contributed by atoms with Crippen LogP contribution in [0.1, 0.15) is 41.0 Å². The van der Waals surface area contributed by atoms with Gasteiger partial charge in [-0.25, -0.2) is 0 Å². The molecule has 0 bridgehead atoms. The van der Waals surface area contributed by atoms with Crippen molar-refractivity contribution < 1.29 is 23.8 Å². The van der Waals surface area contributed by atoms with Crippen LogP contribution in [-0.2, 0) is 25.5 Å². The molecule has 8 heteroatoms. The molecule has 2 aliphatic rings. The molecule has 1 aromatic rings. The van der Waals surface area contributed by atoms with Crippen molar-refractivity contribution in [3.05, 3.63) is 23.0 Å². The molecule has 1 aromatic heterocycles. The van der Waals surface area contributed by atoms with Gasteiger partial charge in [0.15, 0.2) is 0 Å². The molecule has 0 aliphatic carbocycles. The molecule has 0 N–H and O–H groups in total. The number of aromatic nitrogens is 1. The van der Waals surface area contributed by atoms with E-state index in [4.69, 9.17) is 14.2 Å². The quantitative estimate of drug-likeness (QED) is 0.597. The van der Waals surface area contributed by atoms with Crippen LogP contribution < -0.4 is 0 Å². The molecule has 2 fully saturated rings. The average molecular weight is 422 g/mol. The summed E-state index contributed by atoms with van der Waals surface area (Å²) in [4.78, 5) is 30.3. The molecule has 8 nitrogen and oxygen atoms in total. The van der Waals surface area contributed by atoms with Crippen LogP contribution in [0.5, 0.6) is 0 Å². The lowest BCUT2D eigenvalue weighted by atomic mass is 9.95. The van der Waals surface area contributed by atoms with Gasteiger partial charge >= 0.3 is 0 Å². The first-order valence-electron chi connectivity index (χ1n) is 10.8. The molecule has 3 heterocycles. The zero-order chi connectivity index (χ0) is 21.7. The standard InChI is InChI=1S/C22H35N3O5/c1-17-14-19(18(2)24(17)10-13-29-4)21(27)23-9-6-20(26)25(8-5-11-28-3)22(15-23)7-12-30-16-22/h14H,5-13,15-16H2,1-4H3. The van der Waals surface area contributed by atoms with Crippen LogP contribution >= 0.6 is 0 Å². The highest BCUT2D eigenvalue weighted by Crippen LogP contribution is 2.32. The highest BCUT2D eigenvalue weighted by Gasteiger charge is 2.47. The first kappa shape index (κ1) is 22.8. The Kier molecular flexibility index (Phi) is 7.55. The number of nitrogens with zero attached hydrogens (tertiary/aromatic N) is 3. The SMILES string of the molecule is COCCCN1C(=O)CCN(C(=O)c2cc(C)n(CCOC)c2C)CC12CCOC2. The van der Waals surface area contributed by atoms with Crippen molar-refractivity contribution in [2.45, 2.75) is 45.2 Å². The van der Waals surface area contributed by atoms with Crippen LogP contribution in [0.15, 0.2) is 6.07 Å². The van der Waals surface area contributed by atoms with Crippen molar-refractivity contribution in [1.29, 1.82) is 0 Å². The molecule has 0 radical (unpaired) electrons. The van der Waals surface area contributed by atoms with Gasteiger partial charge in [0.2, 0.25) is 5.91 Å². The third-order valence-corrected chi connectivity index (χ3v) is 6.38. The Bertz CT molecular complexity index is 754. The smallest absolute Gasteiger partial charge is 0.255 e. The van der Waals surface area contributed by atoms with E-state index in [0.717, 1.165) is 24.2 Å². The van der Waals surface area contributed by atoms with Gasteiger partial charge in [-0.1, -0.05) is 0 Å². The van der Waals surface area contributed by atoms with E-state index in [1.54, 1.807) is 14.2 Å². The molecule has 2 amide bonds. The summed E-state index contributed by atoms with van der Waals surface area (Å²) in [6.07, 6.45) is 1.86. The minimum atomic E-state index is -0.446. The molecular weight excluding hydrogens is 386 g/mol. The summed E-state index contributed by atoms with van der Waals surface area (Å²) in [6.45, 7) is 8.56. The topological polar surface area (TPSA) is 73.2 Å². The van der Waals surface area contributed by atoms with Crippen molar-refractivity contribution >= 4 is 11.8 Å². The third kappa shape index (κ3) is 4.55. The minimum Gasteiger partial charge on any atom is -0.385 e. The summed E-state index contributed by atoms with van der Waals surface area (Å²) in [7, 11) is 3.35. The van der Waals surface area contributed by atoms with Gasteiger partial charge in [0.25, 0.3) is 5.91 Å². The number of rotatable bonds is 8. The Morgan fingerprint density at radius 3 is 2.63 bits per heavy atom. The Hall–Kier alpha value is -1.90. The third-order valence-electron chi connectivity index (χ3n) is 6.38. The highest BCUT2D eigenvalue weighted by atomic mass is 16.5. The average Bonchev–Trinajstić information content (AvgIpc) is 3.27. The largest absolute Gasteiger partial charge is 0.385 e. The molecule has 0 saturated carbocycles. The number of hydrogen-bond donors (Lipinski definition) is 0. The van der Waals surface area contributed by atoms with Crippen LogP contribution in [-0.4, -0.2) is 92.0 Å². The number of methoxy groups -OCH3 is 2. The predicted molar refractivity (Wildman–Crippen MR) is 113 cm³/mol. The second-order valence-electron chi connectivity index (χ2n) is 8.32. The molecule has 168 valence electrons. The fourth-order valence-electron chi connectivity index (χ4n) is 4.70. The zero-order valence-corrected chi connectivity index (χ0v) is 18.7. The second kappa shape index (κ2) is 9.94. The van der Waals surface area contributed by atoms with Crippen LogP contribution in [0.3, 0.4) is 0 Å². The fraction of sp³-hybridized carbons (Fsp3) is 0.727. The number of aryl methyl sites for hydroxylation is 1. The van der Waals surface area contributed by atoms with Crippen molar-refractivity contribution in [2.24, 2.45) is 0 Å². The number of amides is 2. The highest BCUT2D eigenvalue weighted by molar-refractivity contribution is 5.96. The van der Waals surface area contributed by atoms with Crippen LogP contribution in [0.4, 0.5) is 0 Å². The van der Waals surface area contributed by atoms with Crippen molar-refractivity contribution in [3.8, 4) is 0 Å². The fourth-order valence-corrected chi connectivity index (χ4v) is 4.70. The monoisotopic (exact) mass is 421 g/mol. The lowest BCUT2D eigenvalue weighted by Gasteiger charge is -2.40. The summed E-state index contributed by atoms with van der Waals surface area (Å²) in [5.74, 6) is 0.0852. The van der Waals surface area contributed by atoms with E-state index in [1.165, 1.54) is 0 Å². The van der Waals surface area contributed by atoms with E-state index in [2.05, 4.69) is 4.57 Å². The second-order valence-corrected chi connectivity index (χ2v) is 8.32. The van der Waals surface area contributed by atoms with Gasteiger partial charge in [-0.05, 0) is 32.8 Å². The Balaban J connectivity index is 1.83. The van der Waals surface area contributed by atoms with Gasteiger partial charge in [0, 0.05) is 71.4 Å². The summed E-state index contributed by atoms with van der Waals surface area (Å²) < 4.78 is 18.2. The van der Waals surface area contributed by atoms with Crippen molar-refractivity contribution in [1.82, 2.24) is 14.4 Å². The lowest BCUT2D eigenvalue weighted by molar-refractivity contribution is -0.136. The maximum atomic E-state index is 13.5. The number of carbonyl (C=O) groups excluding carboxylic acids is 2. The van der Waals surface area contributed by atoms with Gasteiger partial charge < -0.3 is 28.6 Å². The van der Waals surface area contributed by atoms with Crippen LogP contribution in [0, 0.1) is 13.8 Å². The summed E-state index contributed by atoms with van der Waals surface area (Å²) in [6, 6.07) is 1.95. The summed E-state index contributed by atoms with van der Waals surface area (Å²) >= 11 is 0. The molecule has 2 aliphatic heterocycles. The maximum absolute atomic E-state index is 13.5. The molecule has 3 rings (SSSR count). The van der Waals surface area contributed by atoms with E-state index in [-0.39, 0.29) is 11.8 Å². The van der Waals surface area contributed by atoms with Crippen molar-refractivity contribution in [3.63, 3.8) is 0 Å². The predicted octanol–water partition coefficient (Wildman–Crippen LogP) is 1.62. The lowest BCUT2D eigenvalue weighted by Crippen LogP contribution is -2.57. The molecule has 30 heavy (non-hydrogen) atoms. The first-order valence-corrected chi connectivity index (χ1v) is 10.8. The number of carbonyl (C=O) groups is 2. The van der Waals surface area contributed by atoms with Crippen LogP contribution in [0.2, 0.25) is 0 Å². The first-order chi connectivity index (χ1) is 14.4. The number of hydrogen-bond acceptors (Lipinski definition) is 5. The van der Waals surface area contributed by atoms with E-state index >= 15 is 0 Å². The molecule has 0 aromatic carbocycles. The van der Waals surface area contributed by atoms with E-state index in [0.29, 0.717) is 64.6 Å². The zero-order valence-electron chi connectivity index (χ0n) is 18.7. The Morgan fingerprint density at radius 1 is 1.20 bits per heavy atom. The Labute approximate surface area is 179 Å². The summed E-state index contributed by atoms with van der Waals surface area (Å²) in [5, 5.41) is 0. The summed E-state index contributed by atoms with van der Waals surface area (Å²) in [5.41, 5.74) is 2.24. The van der Waals surface area contributed by atoms with Gasteiger partial charge in [-0.2, -0.15) is 0 Å². The normalized spacial score (nSPS) is 22.2.